The van der Waals surface area contributed by atoms with Gasteiger partial charge in [0.2, 0.25) is 0 Å². The van der Waals surface area contributed by atoms with Crippen LogP contribution in [0.15, 0.2) is 11.2 Å². The molecule has 8 nitrogen and oxygen atoms in total. The van der Waals surface area contributed by atoms with E-state index in [1.54, 1.807) is 11.5 Å². The molecule has 0 amide bonds. The molecule has 0 bridgehead atoms. The van der Waals surface area contributed by atoms with E-state index < -0.39 is 28.0 Å². The van der Waals surface area contributed by atoms with Gasteiger partial charge in [-0.15, -0.1) is 0 Å². The van der Waals surface area contributed by atoms with Gasteiger partial charge in [0.25, 0.3) is 10.0 Å². The number of carboxylic acid groups (broad SMARTS) is 1. The minimum Gasteiger partial charge on any atom is -0.481 e. The summed E-state index contributed by atoms with van der Waals surface area (Å²) in [6.45, 7) is 4.31. The first kappa shape index (κ1) is 15.9. The van der Waals surface area contributed by atoms with Crippen molar-refractivity contribution < 1.29 is 23.1 Å². The highest BCUT2D eigenvalue weighted by atomic mass is 32.2. The number of aryl methyl sites for hydroxylation is 2. The number of aromatic nitrogens is 2. The van der Waals surface area contributed by atoms with Crippen molar-refractivity contribution in [1.29, 1.82) is 0 Å². The molecule has 2 heterocycles. The lowest BCUT2D eigenvalue weighted by molar-refractivity contribution is -0.142. The third-order valence-corrected chi connectivity index (χ3v) is 5.53. The van der Waals surface area contributed by atoms with Gasteiger partial charge in [-0.05, 0) is 13.8 Å². The molecule has 2 atom stereocenters. The van der Waals surface area contributed by atoms with Gasteiger partial charge in [-0.25, -0.2) is 13.4 Å². The van der Waals surface area contributed by atoms with E-state index in [9.17, 15) is 13.2 Å². The van der Waals surface area contributed by atoms with E-state index >= 15 is 0 Å². The molecular weight excluding hydrogens is 298 g/mol. The fraction of sp³-hybridized carbons (Fsp3) is 0.667. The fourth-order valence-corrected chi connectivity index (χ4v) is 3.75. The van der Waals surface area contributed by atoms with Gasteiger partial charge in [0.15, 0.2) is 5.03 Å². The van der Waals surface area contributed by atoms with Crippen LogP contribution in [0, 0.1) is 12.8 Å². The van der Waals surface area contributed by atoms with Crippen LogP contribution in [0.25, 0.3) is 0 Å². The summed E-state index contributed by atoms with van der Waals surface area (Å²) in [5.74, 6) is -1.32. The first-order valence-corrected chi connectivity index (χ1v) is 8.05. The monoisotopic (exact) mass is 317 g/mol. The fourth-order valence-electron chi connectivity index (χ4n) is 2.39. The highest BCUT2D eigenvalue weighted by Crippen LogP contribution is 2.24. The molecule has 0 aliphatic carbocycles. The Hall–Kier alpha value is -1.45. The average Bonchev–Trinajstić information content (AvgIpc) is 3.03. The predicted molar refractivity (Wildman–Crippen MR) is 73.3 cm³/mol. The zero-order chi connectivity index (χ0) is 15.8. The first-order chi connectivity index (χ1) is 9.78. The second kappa shape index (κ2) is 5.74. The Morgan fingerprint density at radius 3 is 2.76 bits per heavy atom. The van der Waals surface area contributed by atoms with Gasteiger partial charge in [0.1, 0.15) is 5.82 Å². The van der Waals surface area contributed by atoms with Crippen molar-refractivity contribution in [3.05, 3.63) is 12.0 Å². The summed E-state index contributed by atoms with van der Waals surface area (Å²) < 4.78 is 33.0. The van der Waals surface area contributed by atoms with Gasteiger partial charge in [-0.1, -0.05) is 0 Å². The Morgan fingerprint density at radius 2 is 2.24 bits per heavy atom. The molecule has 1 aromatic heterocycles. The molecule has 0 aromatic carbocycles. The van der Waals surface area contributed by atoms with E-state index in [2.05, 4.69) is 4.98 Å². The Labute approximate surface area is 123 Å². The third kappa shape index (κ3) is 2.81. The molecule has 118 valence electrons. The van der Waals surface area contributed by atoms with Crippen LogP contribution in [0.1, 0.15) is 12.7 Å². The molecule has 1 aliphatic heterocycles. The smallest absolute Gasteiger partial charge is 0.310 e. The number of carboxylic acids is 1. The third-order valence-electron chi connectivity index (χ3n) is 3.77. The van der Waals surface area contributed by atoms with Crippen LogP contribution in [0.2, 0.25) is 0 Å². The summed E-state index contributed by atoms with van der Waals surface area (Å²) in [5, 5.41) is 9.06. The number of imidazole rings is 1. The molecule has 1 saturated heterocycles. The van der Waals surface area contributed by atoms with E-state index in [0.717, 1.165) is 4.31 Å². The molecule has 1 aliphatic rings. The Bertz CT molecular complexity index is 639. The van der Waals surface area contributed by atoms with Gasteiger partial charge in [0, 0.05) is 19.8 Å². The van der Waals surface area contributed by atoms with Crippen LogP contribution in [0.5, 0.6) is 0 Å². The number of ether oxygens (including phenoxy) is 1. The second-order valence-corrected chi connectivity index (χ2v) is 6.93. The quantitative estimate of drug-likeness (QED) is 0.816. The molecule has 9 heteroatoms. The number of rotatable bonds is 5. The van der Waals surface area contributed by atoms with Gasteiger partial charge in [-0.3, -0.25) is 4.79 Å². The minimum absolute atomic E-state index is 0.0162. The predicted octanol–water partition coefficient (Wildman–Crippen LogP) is -0.0685. The molecule has 0 radical (unpaired) electrons. The van der Waals surface area contributed by atoms with Crippen molar-refractivity contribution in [2.75, 3.05) is 20.3 Å². The zero-order valence-corrected chi connectivity index (χ0v) is 13.0. The normalized spacial score (nSPS) is 22.9. The molecule has 21 heavy (non-hydrogen) atoms. The van der Waals surface area contributed by atoms with Gasteiger partial charge < -0.3 is 14.4 Å². The van der Waals surface area contributed by atoms with Gasteiger partial charge >= 0.3 is 5.97 Å². The van der Waals surface area contributed by atoms with Crippen LogP contribution in [0.3, 0.4) is 0 Å². The molecular formula is C12H19N3O5S. The highest BCUT2D eigenvalue weighted by molar-refractivity contribution is 7.89. The Balaban J connectivity index is 2.32. The summed E-state index contributed by atoms with van der Waals surface area (Å²) >= 11 is 0. The van der Waals surface area contributed by atoms with Crippen molar-refractivity contribution in [2.24, 2.45) is 5.92 Å². The van der Waals surface area contributed by atoms with Crippen molar-refractivity contribution in [3.8, 4) is 0 Å². The SMILES string of the molecule is CCn1cc(S(=O)(=O)N(C)C2COCC2C(=O)O)nc1C. The molecule has 0 saturated carbocycles. The zero-order valence-electron chi connectivity index (χ0n) is 12.2. The van der Waals surface area contributed by atoms with Gasteiger partial charge in [-0.2, -0.15) is 4.31 Å². The maximum absolute atomic E-state index is 12.6. The van der Waals surface area contributed by atoms with Crippen LogP contribution < -0.4 is 0 Å². The van der Waals surface area contributed by atoms with E-state index in [1.807, 2.05) is 6.92 Å². The summed E-state index contributed by atoms with van der Waals surface area (Å²) in [7, 11) is -2.48. The maximum Gasteiger partial charge on any atom is 0.310 e. The van der Waals surface area contributed by atoms with E-state index in [1.165, 1.54) is 13.2 Å². The van der Waals surface area contributed by atoms with Crippen LogP contribution >= 0.6 is 0 Å². The lowest BCUT2D eigenvalue weighted by Crippen LogP contribution is -2.44. The largest absolute Gasteiger partial charge is 0.481 e. The van der Waals surface area contributed by atoms with Crippen molar-refractivity contribution in [1.82, 2.24) is 13.9 Å². The Kier molecular flexibility index (Phi) is 4.35. The van der Waals surface area contributed by atoms with Crippen LogP contribution in [-0.2, 0) is 26.1 Å². The minimum atomic E-state index is -3.84. The first-order valence-electron chi connectivity index (χ1n) is 6.61. The molecule has 1 N–H and O–H groups in total. The van der Waals surface area contributed by atoms with E-state index in [4.69, 9.17) is 9.84 Å². The number of hydrogen-bond acceptors (Lipinski definition) is 5. The Morgan fingerprint density at radius 1 is 1.57 bits per heavy atom. The summed E-state index contributed by atoms with van der Waals surface area (Å²) in [6.07, 6.45) is 1.47. The van der Waals surface area contributed by atoms with Crippen molar-refractivity contribution in [2.45, 2.75) is 31.5 Å². The summed E-state index contributed by atoms with van der Waals surface area (Å²) in [6, 6.07) is -0.723. The number of carbonyl (C=O) groups is 1. The van der Waals surface area contributed by atoms with Crippen LogP contribution in [0.4, 0.5) is 0 Å². The van der Waals surface area contributed by atoms with E-state index in [0.29, 0.717) is 12.4 Å². The number of nitrogens with zero attached hydrogens (tertiary/aromatic N) is 3. The standard InChI is InChI=1S/C12H19N3O5S/c1-4-15-5-11(13-8(15)2)21(18,19)14(3)10-7-20-6-9(10)12(16)17/h5,9-10H,4,6-7H2,1-3H3,(H,16,17). The van der Waals surface area contributed by atoms with E-state index in [-0.39, 0.29) is 18.2 Å². The van der Waals surface area contributed by atoms with Crippen LogP contribution in [-0.4, -0.2) is 59.7 Å². The second-order valence-electron chi connectivity index (χ2n) is 4.98. The summed E-state index contributed by atoms with van der Waals surface area (Å²) in [5.41, 5.74) is 0. The van der Waals surface area contributed by atoms with Gasteiger partial charge in [0.05, 0.1) is 25.2 Å². The molecule has 1 fully saturated rings. The lowest BCUT2D eigenvalue weighted by Gasteiger charge is -2.24. The topological polar surface area (TPSA) is 102 Å². The molecule has 2 rings (SSSR count). The maximum atomic E-state index is 12.6. The molecule has 2 unspecified atom stereocenters. The summed E-state index contributed by atoms with van der Waals surface area (Å²) in [4.78, 5) is 15.2. The number of hydrogen-bond donors (Lipinski definition) is 1. The number of likely N-dealkylation sites (N-methyl/N-ethyl adjacent to an activating group) is 1. The number of sulfonamides is 1. The average molecular weight is 317 g/mol. The van der Waals surface area contributed by atoms with Crippen molar-refractivity contribution >= 4 is 16.0 Å². The molecule has 0 spiro atoms. The lowest BCUT2D eigenvalue weighted by atomic mass is 10.1. The highest BCUT2D eigenvalue weighted by Gasteiger charge is 2.42. The molecule has 1 aromatic rings. The number of aliphatic carboxylic acids is 1. The van der Waals surface area contributed by atoms with Crippen molar-refractivity contribution in [3.63, 3.8) is 0 Å².